The maximum atomic E-state index is 5.72. The van der Waals surface area contributed by atoms with E-state index in [0.29, 0.717) is 5.11 Å². The highest BCUT2D eigenvalue weighted by Crippen LogP contribution is 2.44. The van der Waals surface area contributed by atoms with Gasteiger partial charge in [0.05, 0.1) is 24.9 Å². The molecule has 1 fully saturated rings. The molecule has 4 nitrogen and oxygen atoms in total. The summed E-state index contributed by atoms with van der Waals surface area (Å²) in [5, 5.41) is 6.33. The topological polar surface area (TPSA) is 37.4 Å². The van der Waals surface area contributed by atoms with Crippen LogP contribution in [-0.2, 0) is 0 Å². The number of ether oxygens (including phenoxy) is 1. The van der Waals surface area contributed by atoms with E-state index >= 15 is 0 Å². The van der Waals surface area contributed by atoms with Gasteiger partial charge in [0.25, 0.3) is 0 Å². The molecule has 0 aliphatic carbocycles. The van der Waals surface area contributed by atoms with Gasteiger partial charge in [0, 0.05) is 16.8 Å². The molecule has 3 heterocycles. The van der Waals surface area contributed by atoms with E-state index in [2.05, 4.69) is 33.6 Å². The van der Waals surface area contributed by atoms with Crippen LogP contribution >= 0.6 is 23.6 Å². The molecule has 1 aliphatic heterocycles. The first kappa shape index (κ1) is 17.0. The van der Waals surface area contributed by atoms with Crippen molar-refractivity contribution < 1.29 is 4.74 Å². The summed E-state index contributed by atoms with van der Waals surface area (Å²) >= 11 is 7.48. The van der Waals surface area contributed by atoms with E-state index in [4.69, 9.17) is 17.0 Å². The van der Waals surface area contributed by atoms with Crippen LogP contribution in [0.15, 0.2) is 60.1 Å². The van der Waals surface area contributed by atoms with Gasteiger partial charge in [-0.25, -0.2) is 0 Å². The van der Waals surface area contributed by atoms with Crippen LogP contribution in [0.5, 0.6) is 5.75 Å². The maximum Gasteiger partial charge on any atom is 0.174 e. The first-order chi connectivity index (χ1) is 12.7. The number of aryl methyl sites for hydroxylation is 1. The zero-order chi connectivity index (χ0) is 18.1. The third-order valence-electron chi connectivity index (χ3n) is 4.62. The lowest BCUT2D eigenvalue weighted by Crippen LogP contribution is -2.29. The summed E-state index contributed by atoms with van der Waals surface area (Å²) in [7, 11) is 1.67. The highest BCUT2D eigenvalue weighted by molar-refractivity contribution is 7.80. The molecule has 0 unspecified atom stereocenters. The smallest absolute Gasteiger partial charge is 0.174 e. The van der Waals surface area contributed by atoms with Crippen LogP contribution in [-0.4, -0.2) is 17.2 Å². The third-order valence-corrected chi connectivity index (χ3v) is 6.02. The summed E-state index contributed by atoms with van der Waals surface area (Å²) in [5.74, 6) is 0.831. The number of rotatable bonds is 4. The van der Waals surface area contributed by atoms with Crippen LogP contribution in [0.4, 0.5) is 5.69 Å². The summed E-state index contributed by atoms with van der Waals surface area (Å²) in [6.45, 7) is 2.15. The SMILES string of the molecule is COc1ccc(N2C(=S)N[C@H](c3ccccn3)[C@@H]2c2sccc2C)cc1. The maximum absolute atomic E-state index is 5.72. The number of hydrogen-bond donors (Lipinski definition) is 1. The van der Waals surface area contributed by atoms with Gasteiger partial charge in [-0.15, -0.1) is 11.3 Å². The average molecular weight is 382 g/mol. The van der Waals surface area contributed by atoms with Crippen LogP contribution in [0.1, 0.15) is 28.2 Å². The third kappa shape index (κ3) is 2.95. The van der Waals surface area contributed by atoms with Crippen molar-refractivity contribution in [3.63, 3.8) is 0 Å². The van der Waals surface area contributed by atoms with Crippen LogP contribution in [0, 0.1) is 6.92 Å². The number of thiophene rings is 1. The summed E-state index contributed by atoms with van der Waals surface area (Å²) in [4.78, 5) is 8.06. The van der Waals surface area contributed by atoms with Gasteiger partial charge in [0.15, 0.2) is 5.11 Å². The van der Waals surface area contributed by atoms with Crippen LogP contribution < -0.4 is 15.0 Å². The Morgan fingerprint density at radius 3 is 2.58 bits per heavy atom. The number of thiocarbonyl (C=S) groups is 1. The number of nitrogens with zero attached hydrogens (tertiary/aromatic N) is 2. The van der Waals surface area contributed by atoms with Gasteiger partial charge in [-0.1, -0.05) is 6.07 Å². The van der Waals surface area contributed by atoms with Gasteiger partial charge in [-0.3, -0.25) is 4.98 Å². The Labute approximate surface area is 162 Å². The Morgan fingerprint density at radius 2 is 1.96 bits per heavy atom. The van der Waals surface area contributed by atoms with Gasteiger partial charge in [-0.2, -0.15) is 0 Å². The minimum Gasteiger partial charge on any atom is -0.497 e. The molecule has 0 radical (unpaired) electrons. The molecule has 2 atom stereocenters. The molecule has 26 heavy (non-hydrogen) atoms. The number of methoxy groups -OCH3 is 1. The zero-order valence-electron chi connectivity index (χ0n) is 14.5. The molecule has 1 saturated heterocycles. The lowest BCUT2D eigenvalue weighted by atomic mass is 10.0. The first-order valence-corrected chi connectivity index (χ1v) is 9.66. The molecule has 2 aromatic heterocycles. The van der Waals surface area contributed by atoms with Gasteiger partial charge in [-0.05, 0) is 72.5 Å². The second kappa shape index (κ2) is 7.05. The fourth-order valence-corrected chi connectivity index (χ4v) is 4.73. The zero-order valence-corrected chi connectivity index (χ0v) is 16.2. The highest BCUT2D eigenvalue weighted by atomic mass is 32.1. The molecule has 0 amide bonds. The largest absolute Gasteiger partial charge is 0.497 e. The van der Waals surface area contributed by atoms with E-state index in [-0.39, 0.29) is 12.1 Å². The van der Waals surface area contributed by atoms with E-state index in [0.717, 1.165) is 17.1 Å². The quantitative estimate of drug-likeness (QED) is 0.667. The Morgan fingerprint density at radius 1 is 1.15 bits per heavy atom. The van der Waals surface area contributed by atoms with E-state index in [1.54, 1.807) is 18.4 Å². The van der Waals surface area contributed by atoms with Crippen molar-refractivity contribution >= 4 is 34.4 Å². The summed E-state index contributed by atoms with van der Waals surface area (Å²) in [6.07, 6.45) is 1.83. The minimum atomic E-state index is 0.00292. The molecular formula is C20H19N3OS2. The average Bonchev–Trinajstić information content (AvgIpc) is 3.25. The molecule has 0 spiro atoms. The Balaban J connectivity index is 1.81. The fraction of sp³-hybridized carbons (Fsp3) is 0.200. The molecule has 132 valence electrons. The molecule has 1 aromatic carbocycles. The Hall–Kier alpha value is -2.44. The van der Waals surface area contributed by atoms with Crippen molar-refractivity contribution in [3.05, 3.63) is 76.2 Å². The fourth-order valence-electron chi connectivity index (χ4n) is 3.33. The predicted molar refractivity (Wildman–Crippen MR) is 110 cm³/mol. The Kier molecular flexibility index (Phi) is 4.61. The van der Waals surface area contributed by atoms with Crippen molar-refractivity contribution in [3.8, 4) is 5.75 Å². The van der Waals surface area contributed by atoms with Crippen molar-refractivity contribution in [2.45, 2.75) is 19.0 Å². The molecule has 3 aromatic rings. The van der Waals surface area contributed by atoms with E-state index in [9.17, 15) is 0 Å². The molecular weight excluding hydrogens is 362 g/mol. The Bertz CT molecular complexity index is 908. The molecule has 1 aliphatic rings. The standard InChI is InChI=1S/C20H19N3OS2/c1-13-10-12-26-19(13)18-17(16-5-3-4-11-21-16)22-20(25)23(18)14-6-8-15(24-2)9-7-14/h3-12,17-18H,1-2H3,(H,22,25)/t17-,18-/m1/s1. The van der Waals surface area contributed by atoms with E-state index in [1.807, 2.05) is 48.7 Å². The normalized spacial score (nSPS) is 19.5. The number of hydrogen-bond acceptors (Lipinski definition) is 4. The van der Waals surface area contributed by atoms with E-state index in [1.165, 1.54) is 10.4 Å². The lowest BCUT2D eigenvalue weighted by molar-refractivity contribution is 0.415. The summed E-state index contributed by atoms with van der Waals surface area (Å²) in [5.41, 5.74) is 3.30. The second-order valence-corrected chi connectivity index (χ2v) is 7.50. The molecule has 0 saturated carbocycles. The highest BCUT2D eigenvalue weighted by Gasteiger charge is 2.41. The number of pyridine rings is 1. The minimum absolute atomic E-state index is 0.00292. The second-order valence-electron chi connectivity index (χ2n) is 6.16. The molecule has 6 heteroatoms. The van der Waals surface area contributed by atoms with Crippen LogP contribution in [0.2, 0.25) is 0 Å². The van der Waals surface area contributed by atoms with E-state index < -0.39 is 0 Å². The number of nitrogens with one attached hydrogen (secondary N) is 1. The number of anilines is 1. The summed E-state index contributed by atoms with van der Waals surface area (Å²) in [6, 6.07) is 16.2. The first-order valence-electron chi connectivity index (χ1n) is 8.37. The van der Waals surface area contributed by atoms with Crippen molar-refractivity contribution in [1.82, 2.24) is 10.3 Å². The monoisotopic (exact) mass is 381 g/mol. The van der Waals surface area contributed by atoms with Gasteiger partial charge in [0.2, 0.25) is 0 Å². The molecule has 1 N–H and O–H groups in total. The molecule has 4 rings (SSSR count). The number of benzene rings is 1. The predicted octanol–water partition coefficient (Wildman–Crippen LogP) is 4.64. The van der Waals surface area contributed by atoms with Gasteiger partial charge < -0.3 is 15.0 Å². The lowest BCUT2D eigenvalue weighted by Gasteiger charge is -2.27. The van der Waals surface area contributed by atoms with Crippen LogP contribution in [0.3, 0.4) is 0 Å². The van der Waals surface area contributed by atoms with Crippen LogP contribution in [0.25, 0.3) is 0 Å². The number of aromatic nitrogens is 1. The van der Waals surface area contributed by atoms with Gasteiger partial charge >= 0.3 is 0 Å². The van der Waals surface area contributed by atoms with Crippen molar-refractivity contribution in [2.75, 3.05) is 12.0 Å². The van der Waals surface area contributed by atoms with Crippen molar-refractivity contribution in [1.29, 1.82) is 0 Å². The molecule has 0 bridgehead atoms. The van der Waals surface area contributed by atoms with Gasteiger partial charge in [0.1, 0.15) is 5.75 Å². The summed E-state index contributed by atoms with van der Waals surface area (Å²) < 4.78 is 5.29. The van der Waals surface area contributed by atoms with Crippen molar-refractivity contribution in [2.24, 2.45) is 0 Å².